The summed E-state index contributed by atoms with van der Waals surface area (Å²) in [5.41, 5.74) is 4.05. The Hall–Kier alpha value is -3.06. The molecule has 1 atom stereocenters. The molecular weight excluding hydrogens is 398 g/mol. The first-order valence-electron chi connectivity index (χ1n) is 9.75. The molecule has 1 heterocycles. The SMILES string of the molecule is COc1ccc(NC(=O)C2=C(C)NC(=S)NC2c2ccc(C(C)C)cc2)c(OC)c1. The van der Waals surface area contributed by atoms with Crippen LogP contribution >= 0.6 is 12.2 Å². The van der Waals surface area contributed by atoms with E-state index in [0.717, 1.165) is 5.56 Å². The van der Waals surface area contributed by atoms with Crippen LogP contribution in [0.4, 0.5) is 5.69 Å². The van der Waals surface area contributed by atoms with Gasteiger partial charge < -0.3 is 25.4 Å². The molecule has 2 aromatic carbocycles. The van der Waals surface area contributed by atoms with Gasteiger partial charge in [-0.2, -0.15) is 0 Å². The minimum absolute atomic E-state index is 0.239. The Kier molecular flexibility index (Phi) is 6.62. The summed E-state index contributed by atoms with van der Waals surface area (Å²) in [6, 6.07) is 13.1. The Morgan fingerprint density at radius 1 is 1.10 bits per heavy atom. The first kappa shape index (κ1) is 21.6. The maximum absolute atomic E-state index is 13.3. The highest BCUT2D eigenvalue weighted by atomic mass is 32.1. The lowest BCUT2D eigenvalue weighted by atomic mass is 9.92. The lowest BCUT2D eigenvalue weighted by Gasteiger charge is -2.30. The second-order valence-electron chi connectivity index (χ2n) is 7.41. The van der Waals surface area contributed by atoms with Crippen LogP contribution < -0.4 is 25.4 Å². The van der Waals surface area contributed by atoms with Gasteiger partial charge in [-0.1, -0.05) is 38.1 Å². The predicted molar refractivity (Wildman–Crippen MR) is 123 cm³/mol. The number of methoxy groups -OCH3 is 2. The fourth-order valence-electron chi connectivity index (χ4n) is 3.41. The molecule has 158 valence electrons. The average Bonchev–Trinajstić information content (AvgIpc) is 2.73. The van der Waals surface area contributed by atoms with Crippen LogP contribution in [0.3, 0.4) is 0 Å². The topological polar surface area (TPSA) is 71.6 Å². The van der Waals surface area contributed by atoms with Gasteiger partial charge in [-0.3, -0.25) is 4.79 Å². The Morgan fingerprint density at radius 2 is 1.80 bits per heavy atom. The van der Waals surface area contributed by atoms with Gasteiger partial charge in [-0.15, -0.1) is 0 Å². The van der Waals surface area contributed by atoms with E-state index in [4.69, 9.17) is 21.7 Å². The van der Waals surface area contributed by atoms with Crippen molar-refractivity contribution in [1.82, 2.24) is 10.6 Å². The number of amides is 1. The van der Waals surface area contributed by atoms with Crippen LogP contribution in [-0.2, 0) is 4.79 Å². The quantitative estimate of drug-likeness (QED) is 0.601. The number of hydrogen-bond donors (Lipinski definition) is 3. The normalized spacial score (nSPS) is 16.1. The number of hydrogen-bond acceptors (Lipinski definition) is 4. The number of carbonyl (C=O) groups excluding carboxylic acids is 1. The standard InChI is InChI=1S/C23H27N3O3S/c1-13(2)15-6-8-16(9-7-15)21-20(14(3)24-23(30)26-21)22(27)25-18-11-10-17(28-4)12-19(18)29-5/h6-13,21H,1-5H3,(H,25,27)(H2,24,26,30). The number of allylic oxidation sites excluding steroid dienone is 1. The summed E-state index contributed by atoms with van der Waals surface area (Å²) in [7, 11) is 3.13. The van der Waals surface area contributed by atoms with Crippen molar-refractivity contribution >= 4 is 28.9 Å². The highest BCUT2D eigenvalue weighted by Crippen LogP contribution is 2.32. The van der Waals surface area contributed by atoms with Crippen molar-refractivity contribution in [2.75, 3.05) is 19.5 Å². The van der Waals surface area contributed by atoms with Gasteiger partial charge in [0.25, 0.3) is 5.91 Å². The molecule has 1 amide bonds. The van der Waals surface area contributed by atoms with E-state index in [9.17, 15) is 4.79 Å². The average molecular weight is 426 g/mol. The van der Waals surface area contributed by atoms with Gasteiger partial charge in [0.2, 0.25) is 0 Å². The van der Waals surface area contributed by atoms with Crippen LogP contribution in [0.2, 0.25) is 0 Å². The molecule has 0 bridgehead atoms. The van der Waals surface area contributed by atoms with E-state index < -0.39 is 0 Å². The highest BCUT2D eigenvalue weighted by molar-refractivity contribution is 7.80. The first-order chi connectivity index (χ1) is 14.3. The molecule has 0 saturated heterocycles. The monoisotopic (exact) mass is 425 g/mol. The molecule has 1 unspecified atom stereocenters. The molecule has 7 heteroatoms. The van der Waals surface area contributed by atoms with Gasteiger partial charge in [0, 0.05) is 11.8 Å². The third-order valence-electron chi connectivity index (χ3n) is 5.11. The zero-order valence-corrected chi connectivity index (χ0v) is 18.6. The summed E-state index contributed by atoms with van der Waals surface area (Å²) in [4.78, 5) is 13.3. The molecule has 0 radical (unpaired) electrons. The highest BCUT2D eigenvalue weighted by Gasteiger charge is 2.30. The summed E-state index contributed by atoms with van der Waals surface area (Å²) in [5, 5.41) is 9.73. The fourth-order valence-corrected chi connectivity index (χ4v) is 3.68. The minimum Gasteiger partial charge on any atom is -0.497 e. The Balaban J connectivity index is 1.93. The number of anilines is 1. The van der Waals surface area contributed by atoms with Gasteiger partial charge in [-0.05, 0) is 48.3 Å². The zero-order chi connectivity index (χ0) is 21.8. The third kappa shape index (κ3) is 4.57. The Morgan fingerprint density at radius 3 is 2.40 bits per heavy atom. The molecule has 0 saturated carbocycles. The van der Waals surface area contributed by atoms with Crippen molar-refractivity contribution < 1.29 is 14.3 Å². The zero-order valence-electron chi connectivity index (χ0n) is 17.8. The van der Waals surface area contributed by atoms with Crippen molar-refractivity contribution in [1.29, 1.82) is 0 Å². The number of ether oxygens (including phenoxy) is 2. The Bertz CT molecular complexity index is 984. The molecule has 1 aliphatic rings. The second kappa shape index (κ2) is 9.17. The van der Waals surface area contributed by atoms with Gasteiger partial charge >= 0.3 is 0 Å². The van der Waals surface area contributed by atoms with Crippen molar-refractivity contribution in [3.8, 4) is 11.5 Å². The van der Waals surface area contributed by atoms with E-state index in [1.807, 2.05) is 19.1 Å². The van der Waals surface area contributed by atoms with Crippen molar-refractivity contribution in [2.45, 2.75) is 32.7 Å². The summed E-state index contributed by atoms with van der Waals surface area (Å²) in [5.74, 6) is 1.36. The number of benzene rings is 2. The van der Waals surface area contributed by atoms with Crippen molar-refractivity contribution in [3.63, 3.8) is 0 Å². The number of thiocarbonyl (C=S) groups is 1. The van der Waals surface area contributed by atoms with Crippen LogP contribution in [0.15, 0.2) is 53.7 Å². The van der Waals surface area contributed by atoms with Crippen LogP contribution in [-0.4, -0.2) is 25.2 Å². The van der Waals surface area contributed by atoms with Crippen LogP contribution in [0.25, 0.3) is 0 Å². The van der Waals surface area contributed by atoms with Crippen LogP contribution in [0.5, 0.6) is 11.5 Å². The molecule has 0 fully saturated rings. The first-order valence-corrected chi connectivity index (χ1v) is 10.2. The van der Waals surface area contributed by atoms with E-state index in [1.165, 1.54) is 5.56 Å². The molecule has 3 N–H and O–H groups in total. The number of nitrogens with one attached hydrogen (secondary N) is 3. The smallest absolute Gasteiger partial charge is 0.255 e. The summed E-state index contributed by atoms with van der Waals surface area (Å²) in [6.45, 7) is 6.15. The van der Waals surface area contributed by atoms with E-state index in [2.05, 4.69) is 41.9 Å². The van der Waals surface area contributed by atoms with Gasteiger partial charge in [0.05, 0.1) is 31.5 Å². The second-order valence-corrected chi connectivity index (χ2v) is 7.82. The summed E-state index contributed by atoms with van der Waals surface area (Å²) in [6.07, 6.45) is 0. The van der Waals surface area contributed by atoms with E-state index in [0.29, 0.717) is 39.5 Å². The lowest BCUT2D eigenvalue weighted by molar-refractivity contribution is -0.113. The van der Waals surface area contributed by atoms with Crippen molar-refractivity contribution in [2.24, 2.45) is 0 Å². The maximum atomic E-state index is 13.3. The minimum atomic E-state index is -0.357. The fraction of sp³-hybridized carbons (Fsp3) is 0.304. The van der Waals surface area contributed by atoms with E-state index >= 15 is 0 Å². The predicted octanol–water partition coefficient (Wildman–Crippen LogP) is 4.26. The summed E-state index contributed by atoms with van der Waals surface area (Å²) >= 11 is 5.34. The third-order valence-corrected chi connectivity index (χ3v) is 5.33. The molecule has 0 aromatic heterocycles. The molecule has 0 aliphatic carbocycles. The van der Waals surface area contributed by atoms with Crippen molar-refractivity contribution in [3.05, 3.63) is 64.9 Å². The molecule has 3 rings (SSSR count). The molecule has 0 spiro atoms. The molecule has 2 aromatic rings. The van der Waals surface area contributed by atoms with E-state index in [-0.39, 0.29) is 11.9 Å². The lowest BCUT2D eigenvalue weighted by Crippen LogP contribution is -2.45. The molecular formula is C23H27N3O3S. The van der Waals surface area contributed by atoms with E-state index in [1.54, 1.807) is 32.4 Å². The van der Waals surface area contributed by atoms with Gasteiger partial charge in [0.15, 0.2) is 5.11 Å². The molecule has 30 heavy (non-hydrogen) atoms. The maximum Gasteiger partial charge on any atom is 0.255 e. The van der Waals surface area contributed by atoms with Crippen LogP contribution in [0.1, 0.15) is 43.9 Å². The molecule has 1 aliphatic heterocycles. The Labute approximate surface area is 182 Å². The van der Waals surface area contributed by atoms with Gasteiger partial charge in [0.1, 0.15) is 11.5 Å². The number of carbonyl (C=O) groups is 1. The van der Waals surface area contributed by atoms with Crippen LogP contribution in [0, 0.1) is 0 Å². The molecule has 6 nitrogen and oxygen atoms in total. The van der Waals surface area contributed by atoms with Gasteiger partial charge in [-0.25, -0.2) is 0 Å². The largest absolute Gasteiger partial charge is 0.497 e. The summed E-state index contributed by atoms with van der Waals surface area (Å²) < 4.78 is 10.6. The number of rotatable bonds is 6.